The van der Waals surface area contributed by atoms with Crippen molar-refractivity contribution in [2.75, 3.05) is 13.1 Å². The van der Waals surface area contributed by atoms with Crippen molar-refractivity contribution < 1.29 is 9.21 Å². The minimum atomic E-state index is -0.318. The molecular weight excluding hydrogens is 340 g/mol. The molecule has 1 aliphatic heterocycles. The van der Waals surface area contributed by atoms with E-state index < -0.39 is 0 Å². The zero-order chi connectivity index (χ0) is 18.5. The number of oxazole rings is 1. The zero-order valence-corrected chi connectivity index (χ0v) is 15.0. The summed E-state index contributed by atoms with van der Waals surface area (Å²) < 4.78 is 5.55. The van der Waals surface area contributed by atoms with Gasteiger partial charge < -0.3 is 9.73 Å². The van der Waals surface area contributed by atoms with E-state index in [1.54, 1.807) is 18.7 Å². The first-order chi connectivity index (χ1) is 13.3. The first kappa shape index (κ1) is 17.4. The minimum Gasteiger partial charge on any atom is -0.444 e. The standard InChI is InChI=1S/C21H22N4O2/c26-20(19(25-11-4-5-12-25)17-9-6-10-22-13-17)23-14-18-15-27-21(24-18)16-7-2-1-3-8-16/h1-3,6-10,13,15,19H,4-5,11-12,14H2,(H,23,26)/t19-/m0/s1. The lowest BCUT2D eigenvalue weighted by Crippen LogP contribution is -2.39. The Kier molecular flexibility index (Phi) is 5.25. The lowest BCUT2D eigenvalue weighted by atomic mass is 10.1. The van der Waals surface area contributed by atoms with Gasteiger partial charge >= 0.3 is 0 Å². The van der Waals surface area contributed by atoms with Crippen molar-refractivity contribution in [2.45, 2.75) is 25.4 Å². The molecule has 1 aromatic carbocycles. The number of hydrogen-bond donors (Lipinski definition) is 1. The summed E-state index contributed by atoms with van der Waals surface area (Å²) in [7, 11) is 0. The first-order valence-electron chi connectivity index (χ1n) is 9.23. The number of hydrogen-bond acceptors (Lipinski definition) is 5. The number of nitrogens with one attached hydrogen (secondary N) is 1. The van der Waals surface area contributed by atoms with Gasteiger partial charge in [-0.3, -0.25) is 14.7 Å². The Morgan fingerprint density at radius 2 is 1.96 bits per heavy atom. The van der Waals surface area contributed by atoms with Gasteiger partial charge in [0.2, 0.25) is 11.8 Å². The van der Waals surface area contributed by atoms with Crippen LogP contribution < -0.4 is 5.32 Å². The van der Waals surface area contributed by atoms with E-state index in [-0.39, 0.29) is 11.9 Å². The molecule has 1 saturated heterocycles. The highest BCUT2D eigenvalue weighted by atomic mass is 16.3. The summed E-state index contributed by atoms with van der Waals surface area (Å²) in [5, 5.41) is 3.01. The van der Waals surface area contributed by atoms with Gasteiger partial charge in [0, 0.05) is 18.0 Å². The smallest absolute Gasteiger partial charge is 0.242 e. The van der Waals surface area contributed by atoms with Gasteiger partial charge in [-0.25, -0.2) is 4.98 Å². The van der Waals surface area contributed by atoms with E-state index in [1.807, 2.05) is 42.5 Å². The number of carbonyl (C=O) groups is 1. The third-order valence-corrected chi connectivity index (χ3v) is 4.77. The molecule has 6 nitrogen and oxygen atoms in total. The van der Waals surface area contributed by atoms with Crippen LogP contribution in [0.4, 0.5) is 0 Å². The summed E-state index contributed by atoms with van der Waals surface area (Å²) in [4.78, 5) is 23.8. The maximum Gasteiger partial charge on any atom is 0.242 e. The first-order valence-corrected chi connectivity index (χ1v) is 9.23. The molecule has 6 heteroatoms. The van der Waals surface area contributed by atoms with Gasteiger partial charge in [-0.1, -0.05) is 24.3 Å². The van der Waals surface area contributed by atoms with Crippen LogP contribution in [-0.2, 0) is 11.3 Å². The molecule has 138 valence electrons. The monoisotopic (exact) mass is 362 g/mol. The molecule has 27 heavy (non-hydrogen) atoms. The molecule has 4 rings (SSSR count). The minimum absolute atomic E-state index is 0.0332. The van der Waals surface area contributed by atoms with E-state index in [9.17, 15) is 4.79 Å². The van der Waals surface area contributed by atoms with Gasteiger partial charge in [0.05, 0.1) is 12.2 Å². The highest BCUT2D eigenvalue weighted by Gasteiger charge is 2.29. The predicted molar refractivity (Wildman–Crippen MR) is 102 cm³/mol. The molecule has 1 N–H and O–H groups in total. The van der Waals surface area contributed by atoms with Crippen molar-refractivity contribution in [1.29, 1.82) is 0 Å². The fraction of sp³-hybridized carbons (Fsp3) is 0.286. The Balaban J connectivity index is 1.45. The van der Waals surface area contributed by atoms with Gasteiger partial charge in [-0.05, 0) is 49.7 Å². The molecule has 3 heterocycles. The number of carbonyl (C=O) groups excluding carboxylic acids is 1. The molecule has 0 aliphatic carbocycles. The van der Waals surface area contributed by atoms with E-state index in [1.165, 1.54) is 0 Å². The summed E-state index contributed by atoms with van der Waals surface area (Å²) in [6.07, 6.45) is 7.33. The molecule has 3 aromatic rings. The maximum absolute atomic E-state index is 12.9. The average molecular weight is 362 g/mol. The summed E-state index contributed by atoms with van der Waals surface area (Å²) >= 11 is 0. The summed E-state index contributed by atoms with van der Waals surface area (Å²) in [5.74, 6) is 0.525. The van der Waals surface area contributed by atoms with Crippen LogP contribution in [0.2, 0.25) is 0 Å². The molecule has 0 spiro atoms. The number of nitrogens with zero attached hydrogens (tertiary/aromatic N) is 3. The van der Waals surface area contributed by atoms with Crippen LogP contribution in [0.1, 0.15) is 30.1 Å². The van der Waals surface area contributed by atoms with Gasteiger partial charge in [0.15, 0.2) is 0 Å². The van der Waals surface area contributed by atoms with Crippen molar-refractivity contribution in [3.63, 3.8) is 0 Å². The Bertz CT molecular complexity index is 873. The van der Waals surface area contributed by atoms with Crippen LogP contribution in [0.3, 0.4) is 0 Å². The molecular formula is C21H22N4O2. The van der Waals surface area contributed by atoms with Crippen LogP contribution in [-0.4, -0.2) is 33.9 Å². The molecule has 1 amide bonds. The number of benzene rings is 1. The van der Waals surface area contributed by atoms with Gasteiger partial charge in [0.25, 0.3) is 0 Å². The van der Waals surface area contributed by atoms with Gasteiger partial charge in [-0.15, -0.1) is 0 Å². The summed E-state index contributed by atoms with van der Waals surface area (Å²) in [5.41, 5.74) is 2.54. The molecule has 1 aliphatic rings. The van der Waals surface area contributed by atoms with Gasteiger partial charge in [0.1, 0.15) is 12.3 Å². The fourth-order valence-electron chi connectivity index (χ4n) is 3.44. The SMILES string of the molecule is O=C(NCc1coc(-c2ccccc2)n1)[C@H](c1cccnc1)N1CCCC1. The number of rotatable bonds is 6. The van der Waals surface area contributed by atoms with E-state index in [0.29, 0.717) is 18.1 Å². The average Bonchev–Trinajstić information content (AvgIpc) is 3.41. The molecule has 1 atom stereocenters. The van der Waals surface area contributed by atoms with Crippen LogP contribution in [0.15, 0.2) is 65.5 Å². The largest absolute Gasteiger partial charge is 0.444 e. The quantitative estimate of drug-likeness (QED) is 0.729. The predicted octanol–water partition coefficient (Wildman–Crippen LogP) is 3.19. The normalized spacial score (nSPS) is 15.6. The number of pyridine rings is 1. The second-order valence-corrected chi connectivity index (χ2v) is 6.66. The second-order valence-electron chi connectivity index (χ2n) is 6.66. The molecule has 0 unspecified atom stereocenters. The molecule has 0 bridgehead atoms. The fourth-order valence-corrected chi connectivity index (χ4v) is 3.44. The Morgan fingerprint density at radius 1 is 1.15 bits per heavy atom. The number of aromatic nitrogens is 2. The van der Waals surface area contributed by atoms with Gasteiger partial charge in [-0.2, -0.15) is 0 Å². The highest BCUT2D eigenvalue weighted by Crippen LogP contribution is 2.25. The Hall–Kier alpha value is -2.99. The number of amides is 1. The van der Waals surface area contributed by atoms with Crippen LogP contribution in [0.25, 0.3) is 11.5 Å². The van der Waals surface area contributed by atoms with E-state index >= 15 is 0 Å². The van der Waals surface area contributed by atoms with Crippen molar-refractivity contribution in [3.8, 4) is 11.5 Å². The van der Waals surface area contributed by atoms with E-state index in [0.717, 1.165) is 37.1 Å². The molecule has 0 radical (unpaired) electrons. The topological polar surface area (TPSA) is 71.3 Å². The maximum atomic E-state index is 12.9. The van der Waals surface area contributed by atoms with E-state index in [4.69, 9.17) is 4.42 Å². The zero-order valence-electron chi connectivity index (χ0n) is 15.0. The van der Waals surface area contributed by atoms with Crippen LogP contribution >= 0.6 is 0 Å². The van der Waals surface area contributed by atoms with Crippen molar-refractivity contribution in [2.24, 2.45) is 0 Å². The lowest BCUT2D eigenvalue weighted by Gasteiger charge is -2.26. The summed E-state index contributed by atoms with van der Waals surface area (Å²) in [6.45, 7) is 2.18. The third-order valence-electron chi connectivity index (χ3n) is 4.77. The van der Waals surface area contributed by atoms with Crippen LogP contribution in [0.5, 0.6) is 0 Å². The molecule has 1 fully saturated rings. The van der Waals surface area contributed by atoms with Crippen molar-refractivity contribution in [3.05, 3.63) is 72.4 Å². The Labute approximate surface area is 158 Å². The molecule has 0 saturated carbocycles. The number of likely N-dealkylation sites (tertiary alicyclic amines) is 1. The van der Waals surface area contributed by atoms with Crippen molar-refractivity contribution in [1.82, 2.24) is 20.2 Å². The highest BCUT2D eigenvalue weighted by molar-refractivity contribution is 5.83. The lowest BCUT2D eigenvalue weighted by molar-refractivity contribution is -0.126. The Morgan fingerprint density at radius 3 is 2.70 bits per heavy atom. The second kappa shape index (κ2) is 8.14. The summed E-state index contributed by atoms with van der Waals surface area (Å²) in [6, 6.07) is 13.2. The third kappa shape index (κ3) is 4.06. The molecule has 2 aromatic heterocycles. The van der Waals surface area contributed by atoms with E-state index in [2.05, 4.69) is 20.2 Å². The van der Waals surface area contributed by atoms with Crippen LogP contribution in [0, 0.1) is 0 Å². The van der Waals surface area contributed by atoms with Crippen molar-refractivity contribution >= 4 is 5.91 Å².